The minimum absolute atomic E-state index is 0.0668. The van der Waals surface area contributed by atoms with Crippen molar-refractivity contribution < 1.29 is 13.9 Å². The Morgan fingerprint density at radius 3 is 2.61 bits per heavy atom. The van der Waals surface area contributed by atoms with Crippen molar-refractivity contribution in [3.63, 3.8) is 0 Å². The third kappa shape index (κ3) is 4.12. The maximum absolute atomic E-state index is 14.5. The van der Waals surface area contributed by atoms with Gasteiger partial charge in [-0.05, 0) is 24.3 Å². The summed E-state index contributed by atoms with van der Waals surface area (Å²) in [6, 6.07) is 14.5. The molecule has 5 N–H and O–H groups in total. The van der Waals surface area contributed by atoms with E-state index in [-0.39, 0.29) is 39.4 Å². The number of aromatic nitrogens is 3. The summed E-state index contributed by atoms with van der Waals surface area (Å²) in [5.41, 5.74) is 12.8. The molecule has 10 heteroatoms. The van der Waals surface area contributed by atoms with Crippen LogP contribution in [0.15, 0.2) is 67.0 Å². The first kappa shape index (κ1) is 20.2. The lowest BCUT2D eigenvalue weighted by molar-refractivity contribution is 0.102. The van der Waals surface area contributed by atoms with Crippen molar-refractivity contribution in [1.82, 2.24) is 14.8 Å². The zero-order valence-electron chi connectivity index (χ0n) is 15.9. The number of hydrogen-bond acceptors (Lipinski definition) is 6. The molecular weight excluding hydrogens is 423 g/mol. The van der Waals surface area contributed by atoms with Crippen LogP contribution in [-0.4, -0.2) is 20.7 Å². The van der Waals surface area contributed by atoms with E-state index in [2.05, 4.69) is 15.4 Å². The van der Waals surface area contributed by atoms with Gasteiger partial charge in [0, 0.05) is 24.0 Å². The number of carbonyl (C=O) groups excluding carboxylic acids is 1. The van der Waals surface area contributed by atoms with E-state index in [0.717, 1.165) is 6.07 Å². The summed E-state index contributed by atoms with van der Waals surface area (Å²) in [6.07, 6.45) is 2.74. The molecule has 0 fully saturated rings. The predicted octanol–water partition coefficient (Wildman–Crippen LogP) is 4.27. The number of nitrogen functional groups attached to an aromatic ring is 2. The van der Waals surface area contributed by atoms with Gasteiger partial charge < -0.3 is 21.5 Å². The molecule has 2 aromatic heterocycles. The van der Waals surface area contributed by atoms with Crippen molar-refractivity contribution in [2.75, 3.05) is 16.8 Å². The fourth-order valence-electron chi connectivity index (χ4n) is 2.81. The summed E-state index contributed by atoms with van der Waals surface area (Å²) in [4.78, 5) is 16.4. The van der Waals surface area contributed by atoms with E-state index in [9.17, 15) is 9.18 Å². The number of pyridine rings is 1. The summed E-state index contributed by atoms with van der Waals surface area (Å²) >= 11 is 6.01. The van der Waals surface area contributed by atoms with Gasteiger partial charge in [0.1, 0.15) is 22.2 Å². The Hall–Kier alpha value is -4.11. The first-order chi connectivity index (χ1) is 14.9. The van der Waals surface area contributed by atoms with E-state index in [1.807, 2.05) is 30.3 Å². The van der Waals surface area contributed by atoms with Crippen molar-refractivity contribution in [3.05, 3.63) is 83.4 Å². The molecule has 8 nitrogen and oxygen atoms in total. The summed E-state index contributed by atoms with van der Waals surface area (Å²) in [7, 11) is 0. The van der Waals surface area contributed by atoms with Gasteiger partial charge in [0.2, 0.25) is 0 Å². The highest BCUT2D eigenvalue weighted by molar-refractivity contribution is 6.34. The van der Waals surface area contributed by atoms with Gasteiger partial charge in [-0.25, -0.2) is 14.1 Å². The minimum Gasteiger partial charge on any atom is -0.453 e. The Kier molecular flexibility index (Phi) is 5.42. The van der Waals surface area contributed by atoms with E-state index < -0.39 is 11.7 Å². The molecule has 2 heterocycles. The molecule has 0 spiro atoms. The number of hydrogen-bond donors (Lipinski definition) is 3. The van der Waals surface area contributed by atoms with Gasteiger partial charge in [-0.15, -0.1) is 0 Å². The zero-order chi connectivity index (χ0) is 22.0. The molecule has 0 saturated carbocycles. The molecule has 2 aromatic carbocycles. The number of halogens is 2. The van der Waals surface area contributed by atoms with Crippen molar-refractivity contribution in [3.8, 4) is 17.2 Å². The van der Waals surface area contributed by atoms with Crippen LogP contribution in [0.1, 0.15) is 10.4 Å². The van der Waals surface area contributed by atoms with Crippen LogP contribution in [0.4, 0.5) is 21.7 Å². The predicted molar refractivity (Wildman–Crippen MR) is 116 cm³/mol. The van der Waals surface area contributed by atoms with E-state index in [1.165, 1.54) is 35.3 Å². The molecule has 4 rings (SSSR count). The molecule has 0 aliphatic carbocycles. The van der Waals surface area contributed by atoms with E-state index in [0.29, 0.717) is 5.69 Å². The average molecular weight is 439 g/mol. The lowest BCUT2D eigenvalue weighted by atomic mass is 10.2. The van der Waals surface area contributed by atoms with Crippen LogP contribution in [-0.2, 0) is 0 Å². The zero-order valence-corrected chi connectivity index (χ0v) is 16.7. The number of amides is 1. The number of para-hydroxylation sites is 1. The maximum Gasteiger partial charge on any atom is 0.261 e. The van der Waals surface area contributed by atoms with Gasteiger partial charge in [0.15, 0.2) is 17.3 Å². The standard InChI is InChI=1S/C21H16ClFN6O2/c22-18-17(8-9-26-19(18)24)31-16-7-6-12(10-15(16)23)28-21(30)14-11-27-29(20(14)25)13-4-2-1-3-5-13/h1-11H,25H2,(H2,24,26)(H,28,30). The molecule has 1 amide bonds. The first-order valence-electron chi connectivity index (χ1n) is 9.01. The van der Waals surface area contributed by atoms with Crippen LogP contribution in [0.3, 0.4) is 0 Å². The van der Waals surface area contributed by atoms with Crippen LogP contribution in [0.2, 0.25) is 5.02 Å². The van der Waals surface area contributed by atoms with Gasteiger partial charge in [-0.1, -0.05) is 29.8 Å². The fraction of sp³-hybridized carbons (Fsp3) is 0. The molecule has 0 saturated heterocycles. The van der Waals surface area contributed by atoms with Crippen LogP contribution < -0.4 is 21.5 Å². The molecule has 0 aliphatic heterocycles. The number of nitrogens with zero attached hydrogens (tertiary/aromatic N) is 3. The SMILES string of the molecule is Nc1nccc(Oc2ccc(NC(=O)c3cnn(-c4ccccc4)c3N)cc2F)c1Cl. The summed E-state index contributed by atoms with van der Waals surface area (Å²) in [6.45, 7) is 0. The fourth-order valence-corrected chi connectivity index (χ4v) is 2.96. The number of nitrogens with one attached hydrogen (secondary N) is 1. The second kappa shape index (κ2) is 8.33. The molecule has 0 unspecified atom stereocenters. The number of benzene rings is 2. The summed E-state index contributed by atoms with van der Waals surface area (Å²) < 4.78 is 21.4. The third-order valence-electron chi connectivity index (χ3n) is 4.34. The molecule has 156 valence electrons. The highest BCUT2D eigenvalue weighted by Gasteiger charge is 2.17. The molecule has 0 radical (unpaired) electrons. The maximum atomic E-state index is 14.5. The quantitative estimate of drug-likeness (QED) is 0.428. The van der Waals surface area contributed by atoms with E-state index in [1.54, 1.807) is 0 Å². The third-order valence-corrected chi connectivity index (χ3v) is 4.72. The van der Waals surface area contributed by atoms with E-state index in [4.69, 9.17) is 27.8 Å². The Bertz CT molecular complexity index is 1260. The van der Waals surface area contributed by atoms with Gasteiger partial charge in [-0.2, -0.15) is 5.10 Å². The van der Waals surface area contributed by atoms with Gasteiger partial charge in [0.25, 0.3) is 5.91 Å². The van der Waals surface area contributed by atoms with Crippen molar-refractivity contribution >= 4 is 34.8 Å². The topological polar surface area (TPSA) is 121 Å². The highest BCUT2D eigenvalue weighted by atomic mass is 35.5. The second-order valence-electron chi connectivity index (χ2n) is 6.40. The number of nitrogens with two attached hydrogens (primary N) is 2. The molecule has 0 bridgehead atoms. The highest BCUT2D eigenvalue weighted by Crippen LogP contribution is 2.34. The Morgan fingerprint density at radius 1 is 1.10 bits per heavy atom. The number of carbonyl (C=O) groups is 1. The summed E-state index contributed by atoms with van der Waals surface area (Å²) in [5, 5.41) is 6.82. The van der Waals surface area contributed by atoms with Gasteiger partial charge >= 0.3 is 0 Å². The van der Waals surface area contributed by atoms with Crippen LogP contribution in [0, 0.1) is 5.82 Å². The number of rotatable bonds is 5. The molecular formula is C21H16ClFN6O2. The largest absolute Gasteiger partial charge is 0.453 e. The molecule has 0 aliphatic rings. The second-order valence-corrected chi connectivity index (χ2v) is 6.78. The summed E-state index contributed by atoms with van der Waals surface area (Å²) in [5.74, 6) is -0.950. The minimum atomic E-state index is -0.711. The van der Waals surface area contributed by atoms with Crippen LogP contribution in [0.25, 0.3) is 5.69 Å². The number of anilines is 3. The van der Waals surface area contributed by atoms with Crippen molar-refractivity contribution in [2.45, 2.75) is 0 Å². The van der Waals surface area contributed by atoms with Gasteiger partial charge in [-0.3, -0.25) is 4.79 Å². The first-order valence-corrected chi connectivity index (χ1v) is 9.39. The Labute approximate surface area is 181 Å². The van der Waals surface area contributed by atoms with Gasteiger partial charge in [0.05, 0.1) is 11.9 Å². The van der Waals surface area contributed by atoms with E-state index >= 15 is 0 Å². The number of ether oxygens (including phenoxy) is 1. The van der Waals surface area contributed by atoms with Crippen LogP contribution >= 0.6 is 11.6 Å². The molecule has 31 heavy (non-hydrogen) atoms. The Morgan fingerprint density at radius 2 is 1.87 bits per heavy atom. The molecule has 0 atom stereocenters. The smallest absolute Gasteiger partial charge is 0.261 e. The monoisotopic (exact) mass is 438 g/mol. The molecule has 4 aromatic rings. The lowest BCUT2D eigenvalue weighted by Crippen LogP contribution is -2.14. The average Bonchev–Trinajstić information content (AvgIpc) is 3.15. The van der Waals surface area contributed by atoms with Crippen LogP contribution in [0.5, 0.6) is 11.5 Å². The Balaban J connectivity index is 1.51. The lowest BCUT2D eigenvalue weighted by Gasteiger charge is -2.11. The van der Waals surface area contributed by atoms with Crippen molar-refractivity contribution in [2.24, 2.45) is 0 Å². The normalized spacial score (nSPS) is 10.6. The van der Waals surface area contributed by atoms with Crippen molar-refractivity contribution in [1.29, 1.82) is 0 Å².